The van der Waals surface area contributed by atoms with E-state index in [0.717, 1.165) is 51.9 Å². The summed E-state index contributed by atoms with van der Waals surface area (Å²) in [4.78, 5) is 14.8. The van der Waals surface area contributed by atoms with Gasteiger partial charge in [-0.3, -0.25) is 4.79 Å². The standard InChI is InChI=1S/C14H24N2O/c1-3-6-14(7-8-15-11-14)13(17)16-9-4-5-12(2)10-16/h5,15H,3-4,6-11H2,1-2H3. The summed E-state index contributed by atoms with van der Waals surface area (Å²) in [6.07, 6.45) is 6.41. The van der Waals surface area contributed by atoms with Crippen LogP contribution in [0, 0.1) is 5.41 Å². The average Bonchev–Trinajstić information content (AvgIpc) is 2.78. The Balaban J connectivity index is 2.09. The molecule has 1 fully saturated rings. The quantitative estimate of drug-likeness (QED) is 0.760. The second-order valence-electron chi connectivity index (χ2n) is 5.52. The lowest BCUT2D eigenvalue weighted by Crippen LogP contribution is -2.47. The fraction of sp³-hybridized carbons (Fsp3) is 0.786. The minimum atomic E-state index is -0.105. The van der Waals surface area contributed by atoms with E-state index in [1.807, 2.05) is 0 Å². The minimum absolute atomic E-state index is 0.105. The Morgan fingerprint density at radius 2 is 2.41 bits per heavy atom. The molecule has 0 saturated carbocycles. The Hall–Kier alpha value is -0.830. The van der Waals surface area contributed by atoms with Crippen molar-refractivity contribution in [1.82, 2.24) is 10.2 Å². The molecule has 1 N–H and O–H groups in total. The van der Waals surface area contributed by atoms with E-state index in [1.54, 1.807) is 0 Å². The smallest absolute Gasteiger partial charge is 0.230 e. The molecule has 0 spiro atoms. The Morgan fingerprint density at radius 3 is 3.00 bits per heavy atom. The van der Waals surface area contributed by atoms with E-state index in [4.69, 9.17) is 0 Å². The minimum Gasteiger partial charge on any atom is -0.338 e. The van der Waals surface area contributed by atoms with Gasteiger partial charge in [0.05, 0.1) is 5.41 Å². The number of carbonyl (C=O) groups excluding carboxylic acids is 1. The van der Waals surface area contributed by atoms with Gasteiger partial charge in [-0.2, -0.15) is 0 Å². The monoisotopic (exact) mass is 236 g/mol. The lowest BCUT2D eigenvalue weighted by atomic mass is 9.80. The van der Waals surface area contributed by atoms with E-state index in [0.29, 0.717) is 5.91 Å². The Bertz CT molecular complexity index is 316. The molecule has 1 saturated heterocycles. The molecule has 1 amide bonds. The fourth-order valence-corrected chi connectivity index (χ4v) is 3.15. The summed E-state index contributed by atoms with van der Waals surface area (Å²) < 4.78 is 0. The molecule has 0 aromatic heterocycles. The molecular weight excluding hydrogens is 212 g/mol. The maximum Gasteiger partial charge on any atom is 0.230 e. The van der Waals surface area contributed by atoms with Crippen molar-refractivity contribution in [3.05, 3.63) is 11.6 Å². The molecule has 3 heteroatoms. The van der Waals surface area contributed by atoms with Crippen molar-refractivity contribution in [2.45, 2.75) is 39.5 Å². The lowest BCUT2D eigenvalue weighted by molar-refractivity contribution is -0.141. The third-order valence-corrected chi connectivity index (χ3v) is 4.05. The maximum atomic E-state index is 12.7. The Labute approximate surface area is 104 Å². The zero-order valence-electron chi connectivity index (χ0n) is 11.1. The SMILES string of the molecule is CCCC1(C(=O)N2CCC=C(C)C2)CCNC1. The van der Waals surface area contributed by atoms with Gasteiger partial charge in [-0.15, -0.1) is 0 Å². The molecule has 2 heterocycles. The second-order valence-corrected chi connectivity index (χ2v) is 5.52. The molecule has 0 aliphatic carbocycles. The molecule has 1 unspecified atom stereocenters. The Kier molecular flexibility index (Phi) is 3.87. The summed E-state index contributed by atoms with van der Waals surface area (Å²) in [5.74, 6) is 0.386. The van der Waals surface area contributed by atoms with Gasteiger partial charge in [0.2, 0.25) is 5.91 Å². The first-order valence-electron chi connectivity index (χ1n) is 6.84. The van der Waals surface area contributed by atoms with Crippen LogP contribution < -0.4 is 5.32 Å². The molecular formula is C14H24N2O. The van der Waals surface area contributed by atoms with Gasteiger partial charge in [0, 0.05) is 19.6 Å². The molecule has 2 rings (SSSR count). The predicted molar refractivity (Wildman–Crippen MR) is 69.8 cm³/mol. The molecule has 0 bridgehead atoms. The number of hydrogen-bond acceptors (Lipinski definition) is 2. The number of hydrogen-bond donors (Lipinski definition) is 1. The average molecular weight is 236 g/mol. The highest BCUT2D eigenvalue weighted by atomic mass is 16.2. The van der Waals surface area contributed by atoms with Crippen LogP contribution in [0.2, 0.25) is 0 Å². The maximum absolute atomic E-state index is 12.7. The van der Waals surface area contributed by atoms with Gasteiger partial charge in [-0.25, -0.2) is 0 Å². The van der Waals surface area contributed by atoms with Crippen LogP contribution in [0.15, 0.2) is 11.6 Å². The number of carbonyl (C=O) groups is 1. The van der Waals surface area contributed by atoms with Crippen LogP contribution in [0.25, 0.3) is 0 Å². The normalized spacial score (nSPS) is 29.3. The van der Waals surface area contributed by atoms with Crippen molar-refractivity contribution in [2.24, 2.45) is 5.41 Å². The van der Waals surface area contributed by atoms with E-state index in [-0.39, 0.29) is 5.41 Å². The van der Waals surface area contributed by atoms with Crippen molar-refractivity contribution < 1.29 is 4.79 Å². The topological polar surface area (TPSA) is 32.3 Å². The molecule has 0 radical (unpaired) electrons. The van der Waals surface area contributed by atoms with Gasteiger partial charge < -0.3 is 10.2 Å². The molecule has 0 aromatic carbocycles. The van der Waals surface area contributed by atoms with E-state index >= 15 is 0 Å². The molecule has 1 atom stereocenters. The molecule has 2 aliphatic heterocycles. The van der Waals surface area contributed by atoms with Gasteiger partial charge >= 0.3 is 0 Å². The Morgan fingerprint density at radius 1 is 1.59 bits per heavy atom. The van der Waals surface area contributed by atoms with Crippen LogP contribution in [-0.2, 0) is 4.79 Å². The number of amides is 1. The van der Waals surface area contributed by atoms with E-state index in [1.165, 1.54) is 5.57 Å². The van der Waals surface area contributed by atoms with Crippen LogP contribution >= 0.6 is 0 Å². The van der Waals surface area contributed by atoms with Crippen molar-refractivity contribution >= 4 is 5.91 Å². The van der Waals surface area contributed by atoms with Crippen LogP contribution in [0.4, 0.5) is 0 Å². The third-order valence-electron chi connectivity index (χ3n) is 4.05. The van der Waals surface area contributed by atoms with E-state index in [9.17, 15) is 4.79 Å². The van der Waals surface area contributed by atoms with E-state index in [2.05, 4.69) is 30.1 Å². The zero-order chi connectivity index (χ0) is 12.3. The molecule has 0 aromatic rings. The highest BCUT2D eigenvalue weighted by molar-refractivity contribution is 5.83. The summed E-state index contributed by atoms with van der Waals surface area (Å²) in [5, 5.41) is 3.37. The summed E-state index contributed by atoms with van der Waals surface area (Å²) in [5.41, 5.74) is 1.23. The first kappa shape index (κ1) is 12.6. The summed E-state index contributed by atoms with van der Waals surface area (Å²) in [6, 6.07) is 0. The number of rotatable bonds is 3. The summed E-state index contributed by atoms with van der Waals surface area (Å²) in [6.45, 7) is 7.91. The van der Waals surface area contributed by atoms with Gasteiger partial charge in [0.1, 0.15) is 0 Å². The van der Waals surface area contributed by atoms with Crippen LogP contribution in [0.3, 0.4) is 0 Å². The fourth-order valence-electron chi connectivity index (χ4n) is 3.15. The highest BCUT2D eigenvalue weighted by Crippen LogP contribution is 2.34. The van der Waals surface area contributed by atoms with Gasteiger partial charge in [0.25, 0.3) is 0 Å². The molecule has 96 valence electrons. The van der Waals surface area contributed by atoms with Crippen LogP contribution in [0.5, 0.6) is 0 Å². The van der Waals surface area contributed by atoms with Gasteiger partial charge in [-0.05, 0) is 32.7 Å². The first-order valence-corrected chi connectivity index (χ1v) is 6.84. The van der Waals surface area contributed by atoms with Crippen molar-refractivity contribution in [1.29, 1.82) is 0 Å². The van der Waals surface area contributed by atoms with Crippen molar-refractivity contribution in [3.8, 4) is 0 Å². The van der Waals surface area contributed by atoms with Gasteiger partial charge in [0.15, 0.2) is 0 Å². The van der Waals surface area contributed by atoms with Crippen molar-refractivity contribution in [3.63, 3.8) is 0 Å². The second kappa shape index (κ2) is 5.21. The predicted octanol–water partition coefficient (Wildman–Crippen LogP) is 1.94. The van der Waals surface area contributed by atoms with Crippen LogP contribution in [-0.4, -0.2) is 37.0 Å². The highest BCUT2D eigenvalue weighted by Gasteiger charge is 2.42. The molecule has 17 heavy (non-hydrogen) atoms. The van der Waals surface area contributed by atoms with Gasteiger partial charge in [-0.1, -0.05) is 25.0 Å². The lowest BCUT2D eigenvalue weighted by Gasteiger charge is -2.35. The molecule has 3 nitrogen and oxygen atoms in total. The largest absolute Gasteiger partial charge is 0.338 e. The number of nitrogens with zero attached hydrogens (tertiary/aromatic N) is 1. The summed E-state index contributed by atoms with van der Waals surface area (Å²) >= 11 is 0. The molecule has 2 aliphatic rings. The van der Waals surface area contributed by atoms with Crippen molar-refractivity contribution in [2.75, 3.05) is 26.2 Å². The third kappa shape index (κ3) is 2.54. The summed E-state index contributed by atoms with van der Waals surface area (Å²) in [7, 11) is 0. The van der Waals surface area contributed by atoms with E-state index < -0.39 is 0 Å². The number of nitrogens with one attached hydrogen (secondary N) is 1. The van der Waals surface area contributed by atoms with Crippen LogP contribution in [0.1, 0.15) is 39.5 Å². The first-order chi connectivity index (χ1) is 8.18. The zero-order valence-corrected chi connectivity index (χ0v) is 11.1.